The summed E-state index contributed by atoms with van der Waals surface area (Å²) in [4.78, 5) is 0. The summed E-state index contributed by atoms with van der Waals surface area (Å²) in [6.07, 6.45) is 3.21. The molecule has 0 aromatic heterocycles. The molecule has 0 spiro atoms. The van der Waals surface area contributed by atoms with Crippen LogP contribution in [-0.2, 0) is 9.47 Å². The minimum Gasteiger partial charge on any atom is -0.350 e. The Bertz CT molecular complexity index is 195. The Balaban J connectivity index is 3.67. The van der Waals surface area contributed by atoms with E-state index in [9.17, 15) is 0 Å². The second-order valence-corrected chi connectivity index (χ2v) is 5.35. The first-order valence-electron chi connectivity index (χ1n) is 7.10. The first-order valence-corrected chi connectivity index (χ1v) is 7.10. The Morgan fingerprint density at radius 3 is 1.47 bits per heavy atom. The van der Waals surface area contributed by atoms with E-state index in [1.165, 1.54) is 0 Å². The van der Waals surface area contributed by atoms with Crippen molar-refractivity contribution in [3.63, 3.8) is 0 Å². The monoisotopic (exact) mass is 276 g/mol. The van der Waals surface area contributed by atoms with Crippen molar-refractivity contribution < 1.29 is 9.47 Å². The van der Waals surface area contributed by atoms with Crippen LogP contribution in [0.2, 0.25) is 0 Å². The molecular formula is C13H32N4O2. The van der Waals surface area contributed by atoms with Gasteiger partial charge in [0.05, 0.1) is 13.2 Å². The molecule has 0 aliphatic carbocycles. The molecule has 0 amide bonds. The van der Waals surface area contributed by atoms with Gasteiger partial charge in [-0.2, -0.15) is 0 Å². The fourth-order valence-electron chi connectivity index (χ4n) is 1.67. The average Bonchev–Trinajstić information content (AvgIpc) is 2.29. The van der Waals surface area contributed by atoms with E-state index in [-0.39, 0.29) is 12.1 Å². The van der Waals surface area contributed by atoms with Crippen LogP contribution in [0.5, 0.6) is 0 Å². The van der Waals surface area contributed by atoms with Gasteiger partial charge in [0, 0.05) is 12.1 Å². The third kappa shape index (κ3) is 11.3. The fourth-order valence-corrected chi connectivity index (χ4v) is 1.67. The van der Waals surface area contributed by atoms with E-state index in [0.29, 0.717) is 26.3 Å². The zero-order valence-electron chi connectivity index (χ0n) is 12.4. The molecule has 2 atom stereocenters. The van der Waals surface area contributed by atoms with Crippen LogP contribution in [0.4, 0.5) is 0 Å². The molecule has 0 aliphatic rings. The van der Waals surface area contributed by atoms with Gasteiger partial charge in [0.2, 0.25) is 0 Å². The van der Waals surface area contributed by atoms with Crippen LogP contribution in [0.15, 0.2) is 0 Å². The Kier molecular flexibility index (Phi) is 10.4. The van der Waals surface area contributed by atoms with E-state index < -0.39 is 5.79 Å². The lowest BCUT2D eigenvalue weighted by atomic mass is 10.1. The van der Waals surface area contributed by atoms with Gasteiger partial charge in [-0.25, -0.2) is 0 Å². The molecule has 0 fully saturated rings. The molecule has 0 heterocycles. The van der Waals surface area contributed by atoms with Crippen LogP contribution in [0.25, 0.3) is 0 Å². The lowest BCUT2D eigenvalue weighted by molar-refractivity contribution is -0.214. The number of hydrogen-bond donors (Lipinski definition) is 4. The number of hydrogen-bond acceptors (Lipinski definition) is 6. The second kappa shape index (κ2) is 10.5. The summed E-state index contributed by atoms with van der Waals surface area (Å²) in [6, 6.07) is 0.192. The van der Waals surface area contributed by atoms with Crippen molar-refractivity contribution in [2.24, 2.45) is 22.9 Å². The van der Waals surface area contributed by atoms with Crippen LogP contribution >= 0.6 is 0 Å². The fraction of sp³-hybridized carbons (Fsp3) is 1.00. The average molecular weight is 276 g/mol. The lowest BCUT2D eigenvalue weighted by Crippen LogP contribution is -2.33. The molecule has 0 saturated carbocycles. The molecule has 0 bridgehead atoms. The van der Waals surface area contributed by atoms with Crippen molar-refractivity contribution in [2.45, 2.75) is 57.4 Å². The van der Waals surface area contributed by atoms with Crippen LogP contribution in [0, 0.1) is 0 Å². The molecule has 8 N–H and O–H groups in total. The summed E-state index contributed by atoms with van der Waals surface area (Å²) in [5.74, 6) is -0.606. The Morgan fingerprint density at radius 1 is 0.789 bits per heavy atom. The van der Waals surface area contributed by atoms with Crippen molar-refractivity contribution in [1.82, 2.24) is 0 Å². The highest BCUT2D eigenvalue weighted by molar-refractivity contribution is 4.64. The Labute approximate surface area is 117 Å². The Hall–Kier alpha value is -0.240. The van der Waals surface area contributed by atoms with Crippen molar-refractivity contribution in [3.05, 3.63) is 0 Å². The number of ether oxygens (including phenoxy) is 2. The number of nitrogens with two attached hydrogens (primary N) is 4. The van der Waals surface area contributed by atoms with E-state index >= 15 is 0 Å². The first kappa shape index (κ1) is 18.8. The van der Waals surface area contributed by atoms with Gasteiger partial charge in [-0.1, -0.05) is 0 Å². The highest BCUT2D eigenvalue weighted by Crippen LogP contribution is 2.13. The molecule has 19 heavy (non-hydrogen) atoms. The van der Waals surface area contributed by atoms with Crippen LogP contribution in [-0.4, -0.2) is 44.2 Å². The normalized spacial score (nSPS) is 15.5. The minimum atomic E-state index is -0.606. The maximum atomic E-state index is 5.86. The van der Waals surface area contributed by atoms with E-state index in [4.69, 9.17) is 32.4 Å². The molecule has 2 unspecified atom stereocenters. The minimum absolute atomic E-state index is 0.0961. The van der Waals surface area contributed by atoms with Gasteiger partial charge >= 0.3 is 0 Å². The largest absolute Gasteiger partial charge is 0.350 e. The van der Waals surface area contributed by atoms with Crippen LogP contribution < -0.4 is 22.9 Å². The summed E-state index contributed by atoms with van der Waals surface area (Å²) >= 11 is 0. The molecule has 6 nitrogen and oxygen atoms in total. The highest BCUT2D eigenvalue weighted by atomic mass is 16.7. The topological polar surface area (TPSA) is 123 Å². The predicted octanol–water partition coefficient (Wildman–Crippen LogP) is -0.112. The zero-order chi connectivity index (χ0) is 14.7. The van der Waals surface area contributed by atoms with Gasteiger partial charge in [-0.15, -0.1) is 0 Å². The molecule has 6 heteroatoms. The lowest BCUT2D eigenvalue weighted by Gasteiger charge is -2.27. The third-order valence-electron chi connectivity index (χ3n) is 2.95. The van der Waals surface area contributed by atoms with Gasteiger partial charge in [0.25, 0.3) is 0 Å². The smallest absolute Gasteiger partial charge is 0.162 e. The van der Waals surface area contributed by atoms with E-state index in [1.807, 2.05) is 13.8 Å². The summed E-state index contributed by atoms with van der Waals surface area (Å²) in [6.45, 7) is 6.16. The summed E-state index contributed by atoms with van der Waals surface area (Å²) < 4.78 is 11.4. The summed E-state index contributed by atoms with van der Waals surface area (Å²) in [5.41, 5.74) is 22.6. The highest BCUT2D eigenvalue weighted by Gasteiger charge is 2.19. The third-order valence-corrected chi connectivity index (χ3v) is 2.95. The van der Waals surface area contributed by atoms with Crippen LogP contribution in [0.3, 0.4) is 0 Å². The van der Waals surface area contributed by atoms with Gasteiger partial charge in [0.15, 0.2) is 5.79 Å². The van der Waals surface area contributed by atoms with E-state index in [2.05, 4.69) is 0 Å². The van der Waals surface area contributed by atoms with Gasteiger partial charge in [-0.05, 0) is 52.6 Å². The maximum absolute atomic E-state index is 5.86. The van der Waals surface area contributed by atoms with Gasteiger partial charge in [0.1, 0.15) is 0 Å². The SMILES string of the molecule is CC(C)(OCCC(N)CCN)OCCC(N)CCN. The van der Waals surface area contributed by atoms with Crippen molar-refractivity contribution in [3.8, 4) is 0 Å². The molecular weight excluding hydrogens is 244 g/mol. The Morgan fingerprint density at radius 2 is 1.16 bits per heavy atom. The molecule has 0 saturated heterocycles. The van der Waals surface area contributed by atoms with E-state index in [0.717, 1.165) is 25.7 Å². The summed E-state index contributed by atoms with van der Waals surface area (Å²) in [7, 11) is 0. The molecule has 0 radical (unpaired) electrons. The molecule has 0 aliphatic heterocycles. The van der Waals surface area contributed by atoms with Gasteiger partial charge < -0.3 is 32.4 Å². The quantitative estimate of drug-likeness (QED) is 0.369. The van der Waals surface area contributed by atoms with Crippen molar-refractivity contribution in [2.75, 3.05) is 26.3 Å². The van der Waals surface area contributed by atoms with E-state index in [1.54, 1.807) is 0 Å². The molecule has 0 aromatic carbocycles. The number of rotatable bonds is 12. The summed E-state index contributed by atoms with van der Waals surface area (Å²) in [5, 5.41) is 0. The first-order chi connectivity index (χ1) is 8.91. The van der Waals surface area contributed by atoms with Gasteiger partial charge in [-0.3, -0.25) is 0 Å². The maximum Gasteiger partial charge on any atom is 0.162 e. The predicted molar refractivity (Wildman–Crippen MR) is 78.5 cm³/mol. The molecule has 116 valence electrons. The van der Waals surface area contributed by atoms with Crippen LogP contribution in [0.1, 0.15) is 39.5 Å². The standard InChI is InChI=1S/C13H32N4O2/c1-13(2,18-9-5-11(16)3-7-14)19-10-6-12(17)4-8-15/h11-12H,3-10,14-17H2,1-2H3. The van der Waals surface area contributed by atoms with Crippen molar-refractivity contribution in [1.29, 1.82) is 0 Å². The second-order valence-electron chi connectivity index (χ2n) is 5.35. The van der Waals surface area contributed by atoms with Crippen molar-refractivity contribution >= 4 is 0 Å². The zero-order valence-corrected chi connectivity index (χ0v) is 12.4. The molecule has 0 aromatic rings. The molecule has 0 rings (SSSR count).